The number of hydrogen-bond acceptors (Lipinski definition) is 12. The highest BCUT2D eigenvalue weighted by atomic mass is 31.2. The second-order valence-electron chi connectivity index (χ2n) is 9.58. The van der Waals surface area contributed by atoms with E-state index in [-0.39, 0.29) is 25.0 Å². The maximum atomic E-state index is 11.5. The highest BCUT2D eigenvalue weighted by molar-refractivity contribution is 7.55. The lowest BCUT2D eigenvalue weighted by Gasteiger charge is -2.33. The first-order valence-electron chi connectivity index (χ1n) is 13.1. The summed E-state index contributed by atoms with van der Waals surface area (Å²) in [5.74, 6) is -1.22. The molecule has 2 spiro atoms. The highest BCUT2D eigenvalue weighted by Crippen LogP contribution is 2.51. The van der Waals surface area contributed by atoms with Gasteiger partial charge >= 0.3 is 19.5 Å². The van der Waals surface area contributed by atoms with E-state index in [1.807, 2.05) is 6.92 Å². The van der Waals surface area contributed by atoms with Crippen LogP contribution < -0.4 is 0 Å². The van der Waals surface area contributed by atoms with Crippen LogP contribution >= 0.6 is 7.60 Å². The van der Waals surface area contributed by atoms with Crippen molar-refractivity contribution in [3.63, 3.8) is 0 Å². The molecule has 0 amide bonds. The van der Waals surface area contributed by atoms with Crippen LogP contribution in [0.3, 0.4) is 0 Å². The highest BCUT2D eigenvalue weighted by Gasteiger charge is 2.40. The van der Waals surface area contributed by atoms with E-state index in [9.17, 15) is 18.9 Å². The molecule has 2 aliphatic heterocycles. The first-order chi connectivity index (χ1) is 18.5. The van der Waals surface area contributed by atoms with Gasteiger partial charge in [-0.25, -0.2) is 4.79 Å². The lowest BCUT2D eigenvalue weighted by molar-refractivity contribution is -0.179. The van der Waals surface area contributed by atoms with Crippen molar-refractivity contribution >= 4 is 25.3 Å². The van der Waals surface area contributed by atoms with Crippen molar-refractivity contribution in [2.75, 3.05) is 54.9 Å². The fourth-order valence-electron chi connectivity index (χ4n) is 4.78. The average Bonchev–Trinajstić information content (AvgIpc) is 3.63. The quantitative estimate of drug-likeness (QED) is 0.254. The number of ether oxygens (including phenoxy) is 6. The Morgan fingerprint density at radius 2 is 1.18 bits per heavy atom. The number of rotatable bonds is 5. The van der Waals surface area contributed by atoms with E-state index < -0.39 is 19.2 Å². The Labute approximate surface area is 237 Å². The van der Waals surface area contributed by atoms with Gasteiger partial charge in [0.25, 0.3) is 0 Å². The predicted molar refractivity (Wildman–Crippen MR) is 146 cm³/mol. The largest absolute Gasteiger partial charge is 0.468 e. The van der Waals surface area contributed by atoms with E-state index in [1.165, 1.54) is 40.9 Å². The second-order valence-corrected chi connectivity index (χ2v) is 12.2. The number of ketones is 1. The first kappa shape index (κ1) is 36.4. The summed E-state index contributed by atoms with van der Waals surface area (Å²) in [6.45, 7) is 6.02. The third-order valence-corrected chi connectivity index (χ3v) is 9.54. The van der Waals surface area contributed by atoms with Crippen LogP contribution in [-0.4, -0.2) is 89.8 Å². The van der Waals surface area contributed by atoms with E-state index >= 15 is 0 Å². The lowest BCUT2D eigenvalue weighted by atomic mass is 9.87. The molecule has 0 radical (unpaired) electrons. The molecule has 2 saturated heterocycles. The number of esters is 2. The zero-order valence-electron chi connectivity index (χ0n) is 23.9. The minimum atomic E-state index is -3.32. The number of carbonyl (C=O) groups is 3. The molecule has 0 N–H and O–H groups in total. The van der Waals surface area contributed by atoms with E-state index in [0.29, 0.717) is 45.1 Å². The number of carbonyl (C=O) groups excluding carboxylic acids is 3. The van der Waals surface area contributed by atoms with Gasteiger partial charge in [-0.05, 0) is 26.7 Å². The van der Waals surface area contributed by atoms with Crippen LogP contribution in [0, 0.1) is 0 Å². The van der Waals surface area contributed by atoms with Gasteiger partial charge in [0.15, 0.2) is 17.2 Å². The van der Waals surface area contributed by atoms with E-state index in [2.05, 4.69) is 13.8 Å². The third-order valence-electron chi connectivity index (χ3n) is 7.36. The molecule has 0 bridgehead atoms. The predicted octanol–water partition coefficient (Wildman–Crippen LogP) is 4.34. The molecule has 12 nitrogen and oxygen atoms in total. The fraction of sp³-hybridized carbons (Fsp3) is 0.815. The molecule has 4 fully saturated rings. The molecule has 2 aliphatic carbocycles. The molecule has 2 saturated carbocycles. The molecule has 4 aliphatic rings. The standard InChI is InChI=1S/C12H18O4.C8H12O3.C6H13O5P.CH4/c1-9(11(13)14-2)10-3-5-12(6-4-10)15-7-8-16-12;9-7-1-3-8(4-2-7)10-5-6-11-8;1-5(6(7)9-2)12(8,10-3)11-4;/h3-8H2,1-2H3;1-6H2;5H,1-4H3;1H4. The van der Waals surface area contributed by atoms with Gasteiger partial charge in [0.05, 0.1) is 40.6 Å². The summed E-state index contributed by atoms with van der Waals surface area (Å²) in [6.07, 6.45) is 6.17. The monoisotopic (exact) mass is 594 g/mol. The molecule has 232 valence electrons. The maximum absolute atomic E-state index is 11.5. The number of allylic oxidation sites excluding steroid dienone is 1. The van der Waals surface area contributed by atoms with Crippen LogP contribution in [0.4, 0.5) is 0 Å². The smallest absolute Gasteiger partial charge is 0.344 e. The summed E-state index contributed by atoms with van der Waals surface area (Å²) < 4.78 is 52.0. The summed E-state index contributed by atoms with van der Waals surface area (Å²) in [5, 5.41) is 0. The number of Topliss-reactive ketones (excluding diaryl/α,β-unsaturated/α-hetero) is 1. The van der Waals surface area contributed by atoms with Crippen molar-refractivity contribution in [3.05, 3.63) is 11.1 Å². The minimum Gasteiger partial charge on any atom is -0.468 e. The third kappa shape index (κ3) is 9.72. The van der Waals surface area contributed by atoms with Gasteiger partial charge in [-0.15, -0.1) is 0 Å². The van der Waals surface area contributed by atoms with Crippen molar-refractivity contribution in [1.29, 1.82) is 0 Å². The van der Waals surface area contributed by atoms with Crippen molar-refractivity contribution < 1.29 is 56.4 Å². The maximum Gasteiger partial charge on any atom is 0.344 e. The SMILES string of the molecule is C.COC(=O)C(C)=C1CCC2(CC1)OCCO2.COC(=O)C(C)P(=O)(OC)OC.O=C1CCC2(CC1)OCCO2. The summed E-state index contributed by atoms with van der Waals surface area (Å²) >= 11 is 0. The second kappa shape index (κ2) is 16.7. The van der Waals surface area contributed by atoms with Gasteiger partial charge in [-0.3, -0.25) is 14.2 Å². The molecule has 2 heterocycles. The van der Waals surface area contributed by atoms with E-state index in [0.717, 1.165) is 44.1 Å². The summed E-state index contributed by atoms with van der Waals surface area (Å²) in [6, 6.07) is 0. The molecular weight excluding hydrogens is 547 g/mol. The molecule has 0 aromatic carbocycles. The summed E-state index contributed by atoms with van der Waals surface area (Å²) in [4.78, 5) is 33.2. The summed E-state index contributed by atoms with van der Waals surface area (Å²) in [5.41, 5.74) is 1.03. The van der Waals surface area contributed by atoms with Crippen LogP contribution in [0.25, 0.3) is 0 Å². The zero-order chi connectivity index (χ0) is 29.1. The molecule has 0 aromatic heterocycles. The molecule has 0 aromatic rings. The Hall–Kier alpha value is -1.66. The molecule has 1 unspecified atom stereocenters. The topological polar surface area (TPSA) is 142 Å². The Morgan fingerprint density at radius 3 is 1.52 bits per heavy atom. The molecular formula is C27H47O12P. The van der Waals surface area contributed by atoms with Gasteiger partial charge in [0.2, 0.25) is 0 Å². The normalized spacial score (nSPS) is 21.8. The lowest BCUT2D eigenvalue weighted by Crippen LogP contribution is -2.35. The van der Waals surface area contributed by atoms with Gasteiger partial charge in [-0.1, -0.05) is 13.0 Å². The minimum absolute atomic E-state index is 0. The van der Waals surface area contributed by atoms with Crippen LogP contribution in [0.1, 0.15) is 72.6 Å². The Bertz CT molecular complexity index is 886. The Kier molecular flexibility index (Phi) is 15.2. The van der Waals surface area contributed by atoms with Crippen molar-refractivity contribution in [1.82, 2.24) is 0 Å². The van der Waals surface area contributed by atoms with Crippen LogP contribution in [-0.2, 0) is 56.4 Å². The molecule has 4 rings (SSSR count). The molecule has 40 heavy (non-hydrogen) atoms. The van der Waals surface area contributed by atoms with Gasteiger partial charge in [0, 0.05) is 58.3 Å². The molecule has 13 heteroatoms. The summed E-state index contributed by atoms with van der Waals surface area (Å²) in [7, 11) is 1.77. The van der Waals surface area contributed by atoms with Crippen LogP contribution in [0.5, 0.6) is 0 Å². The van der Waals surface area contributed by atoms with Crippen molar-refractivity contribution in [2.24, 2.45) is 0 Å². The van der Waals surface area contributed by atoms with Crippen molar-refractivity contribution in [2.45, 2.75) is 89.9 Å². The zero-order valence-corrected chi connectivity index (χ0v) is 24.8. The number of hydrogen-bond donors (Lipinski definition) is 0. The van der Waals surface area contributed by atoms with Gasteiger partial charge in [0.1, 0.15) is 5.78 Å². The number of methoxy groups -OCH3 is 2. The Balaban J connectivity index is 0.000000303. The van der Waals surface area contributed by atoms with E-state index in [4.69, 9.17) is 23.7 Å². The Morgan fingerprint density at radius 1 is 0.775 bits per heavy atom. The van der Waals surface area contributed by atoms with Crippen molar-refractivity contribution in [3.8, 4) is 0 Å². The molecule has 1 atom stereocenters. The van der Waals surface area contributed by atoms with Gasteiger partial charge < -0.3 is 37.5 Å². The van der Waals surface area contributed by atoms with Crippen LogP contribution in [0.15, 0.2) is 11.1 Å². The van der Waals surface area contributed by atoms with Gasteiger partial charge in [-0.2, -0.15) is 0 Å². The average molecular weight is 595 g/mol. The van der Waals surface area contributed by atoms with E-state index in [1.54, 1.807) is 0 Å². The van der Waals surface area contributed by atoms with Crippen LogP contribution in [0.2, 0.25) is 0 Å². The first-order valence-corrected chi connectivity index (χ1v) is 14.7. The fourth-order valence-corrected chi connectivity index (χ4v) is 5.92.